The van der Waals surface area contributed by atoms with Gasteiger partial charge < -0.3 is 5.32 Å². The van der Waals surface area contributed by atoms with E-state index in [9.17, 15) is 4.79 Å². The van der Waals surface area contributed by atoms with Gasteiger partial charge in [-0.25, -0.2) is 15.2 Å². The van der Waals surface area contributed by atoms with E-state index in [0.717, 1.165) is 17.7 Å². The van der Waals surface area contributed by atoms with Crippen LogP contribution in [0.5, 0.6) is 0 Å². The summed E-state index contributed by atoms with van der Waals surface area (Å²) in [6.45, 7) is 8.33. The summed E-state index contributed by atoms with van der Waals surface area (Å²) >= 11 is 0. The van der Waals surface area contributed by atoms with Crippen molar-refractivity contribution in [3.8, 4) is 0 Å². The predicted octanol–water partition coefficient (Wildman–Crippen LogP) is 2.79. The molecule has 0 aromatic heterocycles. The number of hydrogen-bond acceptors (Lipinski definition) is 2. The first-order chi connectivity index (χ1) is 8.39. The molecule has 1 aromatic rings. The number of urea groups is 1. The molecule has 1 unspecified atom stereocenters. The number of hydrogen-bond donors (Lipinski definition) is 2. The highest BCUT2D eigenvalue weighted by atomic mass is 16.2. The van der Waals surface area contributed by atoms with Crippen LogP contribution in [0.15, 0.2) is 24.3 Å². The maximum Gasteiger partial charge on any atom is 0.338 e. The van der Waals surface area contributed by atoms with E-state index in [1.165, 1.54) is 0 Å². The molecule has 0 radical (unpaired) electrons. The number of carbonyl (C=O) groups is 1. The van der Waals surface area contributed by atoms with Crippen LogP contribution in [0.2, 0.25) is 0 Å². The molecule has 0 aliphatic carbocycles. The zero-order valence-corrected chi connectivity index (χ0v) is 11.4. The maximum absolute atomic E-state index is 12.0. The Labute approximate surface area is 108 Å². The first-order valence-corrected chi connectivity index (χ1v) is 6.36. The first kappa shape index (κ1) is 12.9. The third-order valence-electron chi connectivity index (χ3n) is 3.02. The molecule has 1 aliphatic heterocycles. The quantitative estimate of drug-likeness (QED) is 0.862. The van der Waals surface area contributed by atoms with Crippen LogP contribution in [0.1, 0.15) is 32.8 Å². The summed E-state index contributed by atoms with van der Waals surface area (Å²) in [4.78, 5) is 12.0. The fourth-order valence-electron chi connectivity index (χ4n) is 2.48. The lowest BCUT2D eigenvalue weighted by Gasteiger charge is -2.26. The van der Waals surface area contributed by atoms with E-state index in [-0.39, 0.29) is 11.7 Å². The highest BCUT2D eigenvalue weighted by molar-refractivity contribution is 5.93. The van der Waals surface area contributed by atoms with Gasteiger partial charge in [0.15, 0.2) is 0 Å². The van der Waals surface area contributed by atoms with Gasteiger partial charge in [0.05, 0.1) is 5.69 Å². The topological polar surface area (TPSA) is 44.4 Å². The second-order valence-electron chi connectivity index (χ2n) is 5.65. The molecule has 18 heavy (non-hydrogen) atoms. The first-order valence-electron chi connectivity index (χ1n) is 6.36. The van der Waals surface area contributed by atoms with E-state index in [4.69, 9.17) is 0 Å². The minimum atomic E-state index is -0.366. The van der Waals surface area contributed by atoms with Crippen LogP contribution in [-0.2, 0) is 0 Å². The zero-order chi connectivity index (χ0) is 13.3. The minimum absolute atomic E-state index is 0.0937. The average Bonchev–Trinajstić information content (AvgIpc) is 2.52. The number of aryl methyl sites for hydroxylation is 1. The molecule has 1 heterocycles. The number of nitrogens with one attached hydrogen (secondary N) is 2. The second kappa shape index (κ2) is 4.61. The van der Waals surface area contributed by atoms with Gasteiger partial charge in [0.2, 0.25) is 0 Å². The van der Waals surface area contributed by atoms with Crippen molar-refractivity contribution < 1.29 is 4.79 Å². The van der Waals surface area contributed by atoms with Gasteiger partial charge in [0.1, 0.15) is 5.66 Å². The fourth-order valence-corrected chi connectivity index (χ4v) is 2.48. The zero-order valence-electron chi connectivity index (χ0n) is 11.4. The SMILES string of the molecule is Cc1cccc(N2NC(C)(CC(C)C)NC2=O)c1. The van der Waals surface area contributed by atoms with Crippen LogP contribution in [0.3, 0.4) is 0 Å². The van der Waals surface area contributed by atoms with Gasteiger partial charge in [0.25, 0.3) is 0 Å². The Kier molecular flexibility index (Phi) is 3.30. The number of rotatable bonds is 3. The number of nitrogens with zero attached hydrogens (tertiary/aromatic N) is 1. The second-order valence-corrected chi connectivity index (χ2v) is 5.65. The van der Waals surface area contributed by atoms with E-state index in [2.05, 4.69) is 24.6 Å². The van der Waals surface area contributed by atoms with Gasteiger partial charge in [-0.2, -0.15) is 0 Å². The molecule has 4 nitrogen and oxygen atoms in total. The standard InChI is InChI=1S/C14H21N3O/c1-10(2)9-14(4)15-13(18)17(16-14)12-7-5-6-11(3)8-12/h5-8,10,16H,9H2,1-4H3,(H,15,18). The highest BCUT2D eigenvalue weighted by Crippen LogP contribution is 2.23. The summed E-state index contributed by atoms with van der Waals surface area (Å²) in [6.07, 6.45) is 0.890. The van der Waals surface area contributed by atoms with Crippen molar-refractivity contribution >= 4 is 11.7 Å². The monoisotopic (exact) mass is 247 g/mol. The highest BCUT2D eigenvalue weighted by Gasteiger charge is 2.39. The Balaban J connectivity index is 2.19. The molecule has 2 amide bonds. The number of anilines is 1. The largest absolute Gasteiger partial charge is 0.338 e. The summed E-state index contributed by atoms with van der Waals surface area (Å²) < 4.78 is 0. The Morgan fingerprint density at radius 2 is 2.11 bits per heavy atom. The molecule has 4 heteroatoms. The van der Waals surface area contributed by atoms with Crippen LogP contribution >= 0.6 is 0 Å². The molecule has 0 bridgehead atoms. The van der Waals surface area contributed by atoms with Crippen molar-refractivity contribution in [1.82, 2.24) is 10.7 Å². The normalized spacial score (nSPS) is 23.6. The van der Waals surface area contributed by atoms with E-state index in [1.807, 2.05) is 38.1 Å². The van der Waals surface area contributed by atoms with Gasteiger partial charge in [-0.1, -0.05) is 26.0 Å². The van der Waals surface area contributed by atoms with Crippen molar-refractivity contribution in [3.05, 3.63) is 29.8 Å². The third-order valence-corrected chi connectivity index (χ3v) is 3.02. The van der Waals surface area contributed by atoms with Crippen LogP contribution in [-0.4, -0.2) is 11.7 Å². The third kappa shape index (κ3) is 2.64. The van der Waals surface area contributed by atoms with Crippen molar-refractivity contribution in [1.29, 1.82) is 0 Å². The van der Waals surface area contributed by atoms with Crippen LogP contribution in [0.4, 0.5) is 10.5 Å². The lowest BCUT2D eigenvalue weighted by atomic mass is 10.0. The molecule has 1 aromatic carbocycles. The molecular formula is C14H21N3O. The Hall–Kier alpha value is -1.55. The fraction of sp³-hybridized carbons (Fsp3) is 0.500. The summed E-state index contributed by atoms with van der Waals surface area (Å²) in [6, 6.07) is 7.81. The molecule has 1 fully saturated rings. The summed E-state index contributed by atoms with van der Waals surface area (Å²) in [5, 5.41) is 4.60. The van der Waals surface area contributed by atoms with Crippen molar-refractivity contribution in [3.63, 3.8) is 0 Å². The molecule has 98 valence electrons. The van der Waals surface area contributed by atoms with Crippen LogP contribution < -0.4 is 15.8 Å². The summed E-state index contributed by atoms with van der Waals surface area (Å²) in [5.74, 6) is 0.514. The Bertz CT molecular complexity index is 458. The molecule has 0 spiro atoms. The molecule has 1 saturated heterocycles. The number of carbonyl (C=O) groups excluding carboxylic acids is 1. The Morgan fingerprint density at radius 3 is 2.72 bits per heavy atom. The van der Waals surface area contributed by atoms with Crippen LogP contribution in [0.25, 0.3) is 0 Å². The van der Waals surface area contributed by atoms with Gasteiger partial charge in [-0.05, 0) is 43.9 Å². The van der Waals surface area contributed by atoms with Crippen molar-refractivity contribution in [2.75, 3.05) is 5.01 Å². The smallest absolute Gasteiger partial charge is 0.317 e. The minimum Gasteiger partial charge on any atom is -0.317 e. The average molecular weight is 247 g/mol. The van der Waals surface area contributed by atoms with Crippen LogP contribution in [0, 0.1) is 12.8 Å². The van der Waals surface area contributed by atoms with Gasteiger partial charge in [-0.15, -0.1) is 0 Å². The number of amides is 2. The summed E-state index contributed by atoms with van der Waals surface area (Å²) in [5.41, 5.74) is 4.91. The molecule has 0 saturated carbocycles. The van der Waals surface area contributed by atoms with Crippen molar-refractivity contribution in [2.24, 2.45) is 5.92 Å². The lowest BCUT2D eigenvalue weighted by Crippen LogP contribution is -2.49. The maximum atomic E-state index is 12.0. The van der Waals surface area contributed by atoms with E-state index >= 15 is 0 Å². The van der Waals surface area contributed by atoms with Gasteiger partial charge in [0, 0.05) is 0 Å². The summed E-state index contributed by atoms with van der Waals surface area (Å²) in [7, 11) is 0. The van der Waals surface area contributed by atoms with Crippen molar-refractivity contribution in [2.45, 2.75) is 39.8 Å². The predicted molar refractivity (Wildman–Crippen MR) is 73.2 cm³/mol. The molecule has 2 rings (SSSR count). The van der Waals surface area contributed by atoms with Gasteiger partial charge >= 0.3 is 6.03 Å². The molecule has 1 atom stereocenters. The molecule has 1 aliphatic rings. The lowest BCUT2D eigenvalue weighted by molar-refractivity contribution is 0.243. The number of benzene rings is 1. The molecule has 2 N–H and O–H groups in total. The van der Waals surface area contributed by atoms with E-state index in [0.29, 0.717) is 5.92 Å². The van der Waals surface area contributed by atoms with Gasteiger partial charge in [-0.3, -0.25) is 0 Å². The van der Waals surface area contributed by atoms with E-state index in [1.54, 1.807) is 5.01 Å². The Morgan fingerprint density at radius 1 is 1.39 bits per heavy atom. The number of hydrazine groups is 1. The van der Waals surface area contributed by atoms with E-state index < -0.39 is 0 Å². The molecular weight excluding hydrogens is 226 g/mol.